The Bertz CT molecular complexity index is 746. The van der Waals surface area contributed by atoms with E-state index in [2.05, 4.69) is 15.0 Å². The number of aryl methyl sites for hydroxylation is 1. The first-order valence-electron chi connectivity index (χ1n) is 7.99. The van der Waals surface area contributed by atoms with E-state index in [0.29, 0.717) is 24.2 Å². The molecule has 0 saturated carbocycles. The van der Waals surface area contributed by atoms with Gasteiger partial charge in [-0.05, 0) is 61.6 Å². The lowest BCUT2D eigenvalue weighted by Crippen LogP contribution is -2.26. The van der Waals surface area contributed by atoms with Crippen LogP contribution in [0.3, 0.4) is 0 Å². The second-order valence-electron chi connectivity index (χ2n) is 6.05. The molecule has 1 amide bonds. The van der Waals surface area contributed by atoms with E-state index in [4.69, 9.17) is 11.5 Å². The third kappa shape index (κ3) is 5.27. The fourth-order valence-corrected chi connectivity index (χ4v) is 3.07. The second kappa shape index (κ2) is 8.59. The molecule has 2 unspecified atom stereocenters. The van der Waals surface area contributed by atoms with Gasteiger partial charge in [-0.3, -0.25) is 4.79 Å². The Morgan fingerprint density at radius 2 is 2.16 bits per heavy atom. The third-order valence-corrected chi connectivity index (χ3v) is 4.54. The molecule has 0 aliphatic carbocycles. The zero-order valence-corrected chi connectivity index (χ0v) is 15.1. The van der Waals surface area contributed by atoms with Crippen LogP contribution in [0.2, 0.25) is 0 Å². The zero-order valence-electron chi connectivity index (χ0n) is 14.3. The summed E-state index contributed by atoms with van der Waals surface area (Å²) in [5.74, 6) is -0.302. The number of amides is 1. The Balaban J connectivity index is 2.23. The van der Waals surface area contributed by atoms with Crippen molar-refractivity contribution in [3.8, 4) is 0 Å². The largest absolute Gasteiger partial charge is 0.375 e. The summed E-state index contributed by atoms with van der Waals surface area (Å²) < 4.78 is 4.20. The van der Waals surface area contributed by atoms with E-state index in [1.165, 1.54) is 11.5 Å². The number of primary amides is 1. The van der Waals surface area contributed by atoms with Gasteiger partial charge in [-0.25, -0.2) is 0 Å². The number of hydrogen-bond donors (Lipinski definition) is 4. The normalized spacial score (nSPS) is 13.1. The van der Waals surface area contributed by atoms with Crippen molar-refractivity contribution in [1.82, 2.24) is 4.37 Å². The van der Waals surface area contributed by atoms with E-state index in [0.717, 1.165) is 22.7 Å². The maximum absolute atomic E-state index is 11.7. The van der Waals surface area contributed by atoms with Crippen LogP contribution in [-0.2, 0) is 4.79 Å². The summed E-state index contributed by atoms with van der Waals surface area (Å²) in [4.78, 5) is 23.0. The fraction of sp³-hybridized carbons (Fsp3) is 0.353. The van der Waals surface area contributed by atoms with Crippen molar-refractivity contribution in [2.24, 2.45) is 17.4 Å². The SMILES string of the molecule is Cc1cc(Nc2cc(NC(C=O)CC(C)CN)ccc2C(N)=O)sn1. The number of nitrogens with zero attached hydrogens (tertiary/aromatic N) is 1. The fourth-order valence-electron chi connectivity index (χ4n) is 2.40. The number of carbonyl (C=O) groups excluding carboxylic acids is 2. The van der Waals surface area contributed by atoms with E-state index in [9.17, 15) is 9.59 Å². The third-order valence-electron chi connectivity index (χ3n) is 3.75. The van der Waals surface area contributed by atoms with Gasteiger partial charge in [-0.15, -0.1) is 0 Å². The molecule has 6 N–H and O–H groups in total. The molecule has 7 nitrogen and oxygen atoms in total. The zero-order chi connectivity index (χ0) is 18.4. The summed E-state index contributed by atoms with van der Waals surface area (Å²) in [6, 6.07) is 6.66. The highest BCUT2D eigenvalue weighted by atomic mass is 32.1. The van der Waals surface area contributed by atoms with E-state index >= 15 is 0 Å². The van der Waals surface area contributed by atoms with Gasteiger partial charge >= 0.3 is 0 Å². The van der Waals surface area contributed by atoms with Gasteiger partial charge in [0, 0.05) is 5.69 Å². The average Bonchev–Trinajstić information content (AvgIpc) is 2.98. The number of hydrogen-bond acceptors (Lipinski definition) is 7. The van der Waals surface area contributed by atoms with Crippen molar-refractivity contribution in [1.29, 1.82) is 0 Å². The van der Waals surface area contributed by atoms with Crippen LogP contribution >= 0.6 is 11.5 Å². The molecule has 2 aromatic rings. The number of rotatable bonds is 9. The highest BCUT2D eigenvalue weighted by Gasteiger charge is 2.14. The minimum atomic E-state index is -0.529. The summed E-state index contributed by atoms with van der Waals surface area (Å²) in [5.41, 5.74) is 13.6. The van der Waals surface area contributed by atoms with Crippen LogP contribution in [0.25, 0.3) is 0 Å². The number of aldehydes is 1. The number of nitrogens with two attached hydrogens (primary N) is 2. The molecule has 134 valence electrons. The molecule has 8 heteroatoms. The predicted octanol–water partition coefficient (Wildman–Crippen LogP) is 2.26. The van der Waals surface area contributed by atoms with Gasteiger partial charge in [0.05, 0.1) is 23.0 Å². The first kappa shape index (κ1) is 18.9. The molecule has 1 aromatic heterocycles. The van der Waals surface area contributed by atoms with Gasteiger partial charge in [-0.2, -0.15) is 4.37 Å². The number of anilines is 3. The maximum Gasteiger partial charge on any atom is 0.250 e. The number of nitrogens with one attached hydrogen (secondary N) is 2. The van der Waals surface area contributed by atoms with Crippen molar-refractivity contribution in [2.45, 2.75) is 26.3 Å². The minimum absolute atomic E-state index is 0.227. The van der Waals surface area contributed by atoms with Gasteiger partial charge in [0.2, 0.25) is 0 Å². The molecule has 1 aromatic carbocycles. The summed E-state index contributed by atoms with van der Waals surface area (Å²) in [7, 11) is 0. The topological polar surface area (TPSA) is 123 Å². The lowest BCUT2D eigenvalue weighted by Gasteiger charge is -2.19. The summed E-state index contributed by atoms with van der Waals surface area (Å²) in [5, 5.41) is 7.13. The van der Waals surface area contributed by atoms with Crippen molar-refractivity contribution in [3.05, 3.63) is 35.5 Å². The standard InChI is InChI=1S/C17H23N5O2S/c1-10(8-18)5-13(9-23)20-12-3-4-14(17(19)24)15(7-12)21-16-6-11(2)22-25-16/h3-4,6-7,9-10,13,20-21H,5,8,18H2,1-2H3,(H2,19,24). The van der Waals surface area contributed by atoms with Gasteiger partial charge in [0.15, 0.2) is 0 Å². The van der Waals surface area contributed by atoms with Gasteiger partial charge in [0.1, 0.15) is 11.3 Å². The molecule has 0 aliphatic rings. The molecule has 0 radical (unpaired) electrons. The van der Waals surface area contributed by atoms with Crippen LogP contribution in [0.4, 0.5) is 16.4 Å². The Morgan fingerprint density at radius 1 is 1.40 bits per heavy atom. The molecule has 2 rings (SSSR count). The Hall–Kier alpha value is -2.45. The van der Waals surface area contributed by atoms with E-state index < -0.39 is 5.91 Å². The molecule has 0 aliphatic heterocycles. The Labute approximate surface area is 151 Å². The highest BCUT2D eigenvalue weighted by Crippen LogP contribution is 2.27. The predicted molar refractivity (Wildman–Crippen MR) is 101 cm³/mol. The van der Waals surface area contributed by atoms with Crippen LogP contribution in [0.5, 0.6) is 0 Å². The summed E-state index contributed by atoms with van der Waals surface area (Å²) in [6.45, 7) is 4.40. The summed E-state index contributed by atoms with van der Waals surface area (Å²) >= 11 is 1.30. The summed E-state index contributed by atoms with van der Waals surface area (Å²) in [6.07, 6.45) is 1.50. The number of aromatic nitrogens is 1. The van der Waals surface area contributed by atoms with E-state index in [-0.39, 0.29) is 12.0 Å². The van der Waals surface area contributed by atoms with E-state index in [1.807, 2.05) is 19.9 Å². The smallest absolute Gasteiger partial charge is 0.250 e. The maximum atomic E-state index is 11.7. The van der Waals surface area contributed by atoms with E-state index in [1.54, 1.807) is 18.2 Å². The lowest BCUT2D eigenvalue weighted by atomic mass is 10.0. The van der Waals surface area contributed by atoms with Crippen molar-refractivity contribution in [3.63, 3.8) is 0 Å². The Kier molecular flexibility index (Phi) is 6.49. The number of benzene rings is 1. The average molecular weight is 361 g/mol. The van der Waals surface area contributed by atoms with Crippen LogP contribution in [-0.4, -0.2) is 29.2 Å². The van der Waals surface area contributed by atoms with Crippen molar-refractivity contribution >= 4 is 40.1 Å². The van der Waals surface area contributed by atoms with Crippen LogP contribution < -0.4 is 22.1 Å². The van der Waals surface area contributed by atoms with Crippen LogP contribution in [0, 0.1) is 12.8 Å². The first-order chi connectivity index (χ1) is 11.9. The van der Waals surface area contributed by atoms with Crippen molar-refractivity contribution in [2.75, 3.05) is 17.2 Å². The van der Waals surface area contributed by atoms with Crippen LogP contribution in [0.15, 0.2) is 24.3 Å². The molecule has 25 heavy (non-hydrogen) atoms. The second-order valence-corrected chi connectivity index (χ2v) is 6.85. The first-order valence-corrected chi connectivity index (χ1v) is 8.76. The molecular weight excluding hydrogens is 338 g/mol. The highest BCUT2D eigenvalue weighted by molar-refractivity contribution is 7.10. The number of carbonyl (C=O) groups is 2. The molecular formula is C17H23N5O2S. The lowest BCUT2D eigenvalue weighted by molar-refractivity contribution is -0.108. The molecule has 0 saturated heterocycles. The minimum Gasteiger partial charge on any atom is -0.375 e. The van der Waals surface area contributed by atoms with Gasteiger partial charge in [0.25, 0.3) is 5.91 Å². The van der Waals surface area contributed by atoms with Gasteiger partial charge < -0.3 is 26.9 Å². The molecule has 2 atom stereocenters. The van der Waals surface area contributed by atoms with Gasteiger partial charge in [-0.1, -0.05) is 6.92 Å². The quantitative estimate of drug-likeness (QED) is 0.508. The molecule has 0 fully saturated rings. The molecule has 0 bridgehead atoms. The monoisotopic (exact) mass is 361 g/mol. The molecule has 0 spiro atoms. The molecule has 1 heterocycles. The van der Waals surface area contributed by atoms with Crippen LogP contribution in [0.1, 0.15) is 29.4 Å². The van der Waals surface area contributed by atoms with Crippen molar-refractivity contribution < 1.29 is 9.59 Å². The Morgan fingerprint density at radius 3 is 2.72 bits per heavy atom.